The van der Waals surface area contributed by atoms with Crippen molar-refractivity contribution in [2.75, 3.05) is 13.1 Å². The first-order valence-electron chi connectivity index (χ1n) is 11.9. The molecule has 3 rings (SSSR count). The Labute approximate surface area is 200 Å². The SMILES string of the molecule is CCC[C@H](NC(=O)NCc1ccc(F)cc1)C(=O)NCc1ccc(C(=O)N2CCCCC2)cc1. The van der Waals surface area contributed by atoms with Crippen molar-refractivity contribution in [3.63, 3.8) is 0 Å². The summed E-state index contributed by atoms with van der Waals surface area (Å²) in [7, 11) is 0. The zero-order chi connectivity index (χ0) is 24.3. The second kappa shape index (κ2) is 12.7. The molecule has 0 saturated carbocycles. The van der Waals surface area contributed by atoms with Gasteiger partial charge in [0.15, 0.2) is 0 Å². The molecule has 0 unspecified atom stereocenters. The minimum Gasteiger partial charge on any atom is -0.350 e. The van der Waals surface area contributed by atoms with Crippen LogP contribution in [0.4, 0.5) is 9.18 Å². The molecular formula is C26H33FN4O3. The van der Waals surface area contributed by atoms with E-state index in [1.807, 2.05) is 24.0 Å². The number of hydrogen-bond donors (Lipinski definition) is 3. The Hall–Kier alpha value is -3.42. The molecule has 0 aromatic heterocycles. The molecule has 7 nitrogen and oxygen atoms in total. The second-order valence-electron chi connectivity index (χ2n) is 8.56. The molecule has 1 saturated heterocycles. The van der Waals surface area contributed by atoms with Gasteiger partial charge in [0.25, 0.3) is 5.91 Å². The van der Waals surface area contributed by atoms with Crippen molar-refractivity contribution < 1.29 is 18.8 Å². The van der Waals surface area contributed by atoms with Crippen molar-refractivity contribution in [1.29, 1.82) is 0 Å². The number of benzene rings is 2. The number of amides is 4. The van der Waals surface area contributed by atoms with Crippen molar-refractivity contribution in [2.24, 2.45) is 0 Å². The van der Waals surface area contributed by atoms with Gasteiger partial charge < -0.3 is 20.9 Å². The van der Waals surface area contributed by atoms with Crippen molar-refractivity contribution >= 4 is 17.8 Å². The molecule has 0 bridgehead atoms. The van der Waals surface area contributed by atoms with E-state index in [0.29, 0.717) is 18.5 Å². The predicted molar refractivity (Wildman–Crippen MR) is 129 cm³/mol. The topological polar surface area (TPSA) is 90.5 Å². The number of rotatable bonds is 9. The Bertz CT molecular complexity index is 957. The fourth-order valence-electron chi connectivity index (χ4n) is 3.91. The van der Waals surface area contributed by atoms with Crippen LogP contribution in [0.15, 0.2) is 48.5 Å². The third-order valence-corrected chi connectivity index (χ3v) is 5.88. The minimum atomic E-state index is -0.668. The lowest BCUT2D eigenvalue weighted by molar-refractivity contribution is -0.123. The molecule has 1 aliphatic heterocycles. The molecule has 1 heterocycles. The Morgan fingerprint density at radius 2 is 1.47 bits per heavy atom. The fraction of sp³-hybridized carbons (Fsp3) is 0.423. The number of carbonyl (C=O) groups is 3. The van der Waals surface area contributed by atoms with E-state index in [4.69, 9.17) is 0 Å². The summed E-state index contributed by atoms with van der Waals surface area (Å²) in [6, 6.07) is 12.0. The number of piperidine rings is 1. The van der Waals surface area contributed by atoms with Gasteiger partial charge in [0.1, 0.15) is 11.9 Å². The van der Waals surface area contributed by atoms with Crippen LogP contribution in [-0.4, -0.2) is 41.9 Å². The van der Waals surface area contributed by atoms with E-state index >= 15 is 0 Å². The Balaban J connectivity index is 1.47. The lowest BCUT2D eigenvalue weighted by atomic mass is 10.1. The molecule has 1 aliphatic rings. The quantitative estimate of drug-likeness (QED) is 0.524. The fourth-order valence-corrected chi connectivity index (χ4v) is 3.91. The second-order valence-corrected chi connectivity index (χ2v) is 8.56. The van der Waals surface area contributed by atoms with Crippen LogP contribution in [0.1, 0.15) is 60.5 Å². The van der Waals surface area contributed by atoms with Gasteiger partial charge in [-0.1, -0.05) is 37.6 Å². The van der Waals surface area contributed by atoms with Crippen molar-refractivity contribution in [3.05, 3.63) is 71.0 Å². The van der Waals surface area contributed by atoms with Gasteiger partial charge in [0, 0.05) is 31.7 Å². The van der Waals surface area contributed by atoms with E-state index in [9.17, 15) is 18.8 Å². The van der Waals surface area contributed by atoms with Crippen LogP contribution in [0.25, 0.3) is 0 Å². The molecule has 182 valence electrons. The van der Waals surface area contributed by atoms with Gasteiger partial charge in [-0.05, 0) is 61.1 Å². The Morgan fingerprint density at radius 3 is 2.09 bits per heavy atom. The first-order chi connectivity index (χ1) is 16.5. The molecule has 0 radical (unpaired) electrons. The van der Waals surface area contributed by atoms with E-state index in [1.165, 1.54) is 18.6 Å². The summed E-state index contributed by atoms with van der Waals surface area (Å²) in [5.41, 5.74) is 2.29. The molecule has 2 aromatic rings. The number of likely N-dealkylation sites (tertiary alicyclic amines) is 1. The summed E-state index contributed by atoms with van der Waals surface area (Å²) in [4.78, 5) is 39.4. The predicted octanol–water partition coefficient (Wildman–Crippen LogP) is 3.74. The van der Waals surface area contributed by atoms with Gasteiger partial charge in [-0.3, -0.25) is 9.59 Å². The summed E-state index contributed by atoms with van der Waals surface area (Å²) in [5, 5.41) is 8.26. The van der Waals surface area contributed by atoms with Gasteiger partial charge in [-0.2, -0.15) is 0 Å². The minimum absolute atomic E-state index is 0.0501. The molecule has 4 amide bonds. The van der Waals surface area contributed by atoms with Gasteiger partial charge in [0.2, 0.25) is 5.91 Å². The molecule has 3 N–H and O–H groups in total. The molecule has 1 fully saturated rings. The van der Waals surface area contributed by atoms with E-state index in [1.54, 1.807) is 24.3 Å². The van der Waals surface area contributed by atoms with E-state index in [-0.39, 0.29) is 24.2 Å². The van der Waals surface area contributed by atoms with Crippen molar-refractivity contribution in [2.45, 2.75) is 58.2 Å². The van der Waals surface area contributed by atoms with Crippen LogP contribution in [-0.2, 0) is 17.9 Å². The third-order valence-electron chi connectivity index (χ3n) is 5.88. The highest BCUT2D eigenvalue weighted by Crippen LogP contribution is 2.14. The van der Waals surface area contributed by atoms with Crippen molar-refractivity contribution in [1.82, 2.24) is 20.9 Å². The van der Waals surface area contributed by atoms with E-state index in [0.717, 1.165) is 43.5 Å². The third kappa shape index (κ3) is 7.57. The van der Waals surface area contributed by atoms with Crippen LogP contribution in [0, 0.1) is 5.82 Å². The number of nitrogens with zero attached hydrogens (tertiary/aromatic N) is 1. The Morgan fingerprint density at radius 1 is 0.882 bits per heavy atom. The number of hydrogen-bond acceptors (Lipinski definition) is 3. The molecule has 1 atom stereocenters. The average Bonchev–Trinajstić information content (AvgIpc) is 2.87. The molecule has 0 aliphatic carbocycles. The van der Waals surface area contributed by atoms with Crippen molar-refractivity contribution in [3.8, 4) is 0 Å². The highest BCUT2D eigenvalue weighted by atomic mass is 19.1. The van der Waals surface area contributed by atoms with Crippen LogP contribution in [0.5, 0.6) is 0 Å². The maximum atomic E-state index is 13.0. The monoisotopic (exact) mass is 468 g/mol. The van der Waals surface area contributed by atoms with Crippen LogP contribution in [0.3, 0.4) is 0 Å². The first kappa shape index (κ1) is 25.2. The van der Waals surface area contributed by atoms with Gasteiger partial charge in [-0.25, -0.2) is 9.18 Å². The van der Waals surface area contributed by atoms with E-state index in [2.05, 4.69) is 16.0 Å². The van der Waals surface area contributed by atoms with Gasteiger partial charge in [0.05, 0.1) is 0 Å². The zero-order valence-electron chi connectivity index (χ0n) is 19.6. The molecule has 34 heavy (non-hydrogen) atoms. The summed E-state index contributed by atoms with van der Waals surface area (Å²) in [6.07, 6.45) is 4.50. The van der Waals surface area contributed by atoms with Gasteiger partial charge >= 0.3 is 6.03 Å². The number of nitrogens with one attached hydrogen (secondary N) is 3. The molecule has 0 spiro atoms. The maximum Gasteiger partial charge on any atom is 0.315 e. The van der Waals surface area contributed by atoms with E-state index < -0.39 is 12.1 Å². The lowest BCUT2D eigenvalue weighted by Crippen LogP contribution is -2.49. The lowest BCUT2D eigenvalue weighted by Gasteiger charge is -2.26. The molecule has 2 aromatic carbocycles. The maximum absolute atomic E-state index is 13.0. The highest BCUT2D eigenvalue weighted by molar-refractivity contribution is 5.94. The largest absolute Gasteiger partial charge is 0.350 e. The molecular weight excluding hydrogens is 435 g/mol. The normalized spacial score (nSPS) is 14.2. The number of halogens is 1. The summed E-state index contributed by atoms with van der Waals surface area (Å²) >= 11 is 0. The van der Waals surface area contributed by atoms with Gasteiger partial charge in [-0.15, -0.1) is 0 Å². The standard InChI is InChI=1S/C26H33FN4O3/c1-2-6-23(30-26(34)29-18-20-9-13-22(27)14-10-20)24(32)28-17-19-7-11-21(12-8-19)25(33)31-15-4-3-5-16-31/h7-14,23H,2-6,15-18H2,1H3,(H,28,32)(H2,29,30,34)/t23-/m0/s1. The highest BCUT2D eigenvalue weighted by Gasteiger charge is 2.20. The summed E-state index contributed by atoms with van der Waals surface area (Å²) < 4.78 is 13.0. The zero-order valence-corrected chi connectivity index (χ0v) is 19.6. The smallest absolute Gasteiger partial charge is 0.315 e. The average molecular weight is 469 g/mol. The summed E-state index contributed by atoms with van der Waals surface area (Å²) in [5.74, 6) is -0.558. The van der Waals surface area contributed by atoms with Crippen LogP contribution < -0.4 is 16.0 Å². The first-order valence-corrected chi connectivity index (χ1v) is 11.9. The number of urea groups is 1. The van der Waals surface area contributed by atoms with Crippen LogP contribution >= 0.6 is 0 Å². The summed E-state index contributed by atoms with van der Waals surface area (Å²) in [6.45, 7) is 4.08. The Kier molecular flexibility index (Phi) is 9.43. The number of carbonyl (C=O) groups excluding carboxylic acids is 3. The van der Waals surface area contributed by atoms with Crippen LogP contribution in [0.2, 0.25) is 0 Å². The molecule has 8 heteroatoms.